The van der Waals surface area contributed by atoms with Crippen LogP contribution >= 0.6 is 0 Å². The molecule has 0 aliphatic heterocycles. The molecule has 3 nitrogen and oxygen atoms in total. The van der Waals surface area contributed by atoms with E-state index in [0.29, 0.717) is 0 Å². The minimum absolute atomic E-state index is 0.0423. The molecule has 0 atom stereocenters. The van der Waals surface area contributed by atoms with Crippen molar-refractivity contribution in [2.45, 2.75) is 64.6 Å². The molecule has 0 bridgehead atoms. The number of hydrogen-bond acceptors (Lipinski definition) is 2. The van der Waals surface area contributed by atoms with Crippen molar-refractivity contribution in [2.24, 2.45) is 5.92 Å². The van der Waals surface area contributed by atoms with E-state index < -0.39 is 0 Å². The van der Waals surface area contributed by atoms with Gasteiger partial charge in [-0.1, -0.05) is 13.8 Å². The Hall–Kier alpha value is -0.800. The lowest BCUT2D eigenvalue weighted by atomic mass is 9.77. The minimum atomic E-state index is -0.0423. The predicted octanol–water partition coefficient (Wildman–Crippen LogP) is 2.93. The van der Waals surface area contributed by atoms with Gasteiger partial charge in [-0.2, -0.15) is 0 Å². The highest BCUT2D eigenvalue weighted by molar-refractivity contribution is 5.11. The summed E-state index contributed by atoms with van der Waals surface area (Å²) in [4.78, 5) is 0. The molecule has 1 heterocycles. The maximum absolute atomic E-state index is 9.73. The normalized spacial score (nSPS) is 27.6. The summed E-state index contributed by atoms with van der Waals surface area (Å²) >= 11 is 0. The van der Waals surface area contributed by atoms with Gasteiger partial charge in [-0.05, 0) is 49.7 Å². The SMILES string of the molecule is CCCn1ccc(CNC2(CO)CCC(C)CC2)c1. The molecule has 1 aliphatic rings. The standard InChI is InChI=1S/C16H28N2O/c1-3-9-18-10-6-15(12-18)11-17-16(13-19)7-4-14(2)5-8-16/h6,10,12,14,17,19H,3-5,7-9,11,13H2,1-2H3. The molecule has 1 saturated carbocycles. The van der Waals surface area contributed by atoms with Crippen LogP contribution in [0.15, 0.2) is 18.5 Å². The van der Waals surface area contributed by atoms with Gasteiger partial charge in [0.15, 0.2) is 0 Å². The number of aliphatic hydroxyl groups excluding tert-OH is 1. The van der Waals surface area contributed by atoms with Crippen LogP contribution in [0.25, 0.3) is 0 Å². The Bertz CT molecular complexity index is 378. The topological polar surface area (TPSA) is 37.2 Å². The summed E-state index contributed by atoms with van der Waals surface area (Å²) in [6, 6.07) is 2.18. The summed E-state index contributed by atoms with van der Waals surface area (Å²) < 4.78 is 2.24. The first-order valence-corrected chi connectivity index (χ1v) is 7.68. The Kier molecular flexibility index (Phi) is 5.06. The average molecular weight is 264 g/mol. The second-order valence-electron chi connectivity index (χ2n) is 6.23. The first kappa shape index (κ1) is 14.6. The lowest BCUT2D eigenvalue weighted by Crippen LogP contribution is -2.50. The Balaban J connectivity index is 1.88. The van der Waals surface area contributed by atoms with Gasteiger partial charge < -0.3 is 15.0 Å². The first-order valence-electron chi connectivity index (χ1n) is 7.68. The highest BCUT2D eigenvalue weighted by Crippen LogP contribution is 2.31. The van der Waals surface area contributed by atoms with E-state index in [1.165, 1.54) is 24.8 Å². The Morgan fingerprint density at radius 3 is 2.79 bits per heavy atom. The Labute approximate surface area is 117 Å². The average Bonchev–Trinajstić information content (AvgIpc) is 2.87. The molecule has 1 aliphatic carbocycles. The molecule has 0 aromatic carbocycles. The third-order valence-corrected chi connectivity index (χ3v) is 4.50. The van der Waals surface area contributed by atoms with Crippen molar-refractivity contribution in [1.29, 1.82) is 0 Å². The van der Waals surface area contributed by atoms with Gasteiger partial charge in [-0.15, -0.1) is 0 Å². The molecule has 108 valence electrons. The second kappa shape index (κ2) is 6.58. The molecular formula is C16H28N2O. The van der Waals surface area contributed by atoms with E-state index in [0.717, 1.165) is 31.8 Å². The van der Waals surface area contributed by atoms with Gasteiger partial charge in [0.1, 0.15) is 0 Å². The number of aryl methyl sites for hydroxylation is 1. The van der Waals surface area contributed by atoms with E-state index >= 15 is 0 Å². The van der Waals surface area contributed by atoms with E-state index in [9.17, 15) is 5.11 Å². The van der Waals surface area contributed by atoms with Gasteiger partial charge in [-0.3, -0.25) is 0 Å². The van der Waals surface area contributed by atoms with Gasteiger partial charge in [0.05, 0.1) is 6.61 Å². The third-order valence-electron chi connectivity index (χ3n) is 4.50. The highest BCUT2D eigenvalue weighted by Gasteiger charge is 2.32. The Morgan fingerprint density at radius 2 is 2.16 bits per heavy atom. The summed E-state index contributed by atoms with van der Waals surface area (Å²) in [5.41, 5.74) is 1.28. The van der Waals surface area contributed by atoms with Gasteiger partial charge in [0.25, 0.3) is 0 Å². The molecule has 19 heavy (non-hydrogen) atoms. The number of aromatic nitrogens is 1. The molecule has 0 radical (unpaired) electrons. The summed E-state index contributed by atoms with van der Waals surface area (Å²) in [5.74, 6) is 0.812. The van der Waals surface area contributed by atoms with Crippen LogP contribution in [-0.4, -0.2) is 21.8 Å². The summed E-state index contributed by atoms with van der Waals surface area (Å²) in [6.07, 6.45) is 10.2. The quantitative estimate of drug-likeness (QED) is 0.829. The van der Waals surface area contributed by atoms with Crippen molar-refractivity contribution in [3.63, 3.8) is 0 Å². The van der Waals surface area contributed by atoms with Crippen LogP contribution in [-0.2, 0) is 13.1 Å². The van der Waals surface area contributed by atoms with Crippen molar-refractivity contribution in [2.75, 3.05) is 6.61 Å². The fourth-order valence-electron chi connectivity index (χ4n) is 2.99. The molecule has 1 aromatic rings. The lowest BCUT2D eigenvalue weighted by Gasteiger charge is -2.39. The van der Waals surface area contributed by atoms with Crippen molar-refractivity contribution in [3.05, 3.63) is 24.0 Å². The summed E-state index contributed by atoms with van der Waals surface area (Å²) in [6.45, 7) is 6.72. The molecule has 0 unspecified atom stereocenters. The van der Waals surface area contributed by atoms with Crippen LogP contribution in [0.4, 0.5) is 0 Å². The predicted molar refractivity (Wildman–Crippen MR) is 79.0 cm³/mol. The van der Waals surface area contributed by atoms with Crippen LogP contribution in [0.3, 0.4) is 0 Å². The van der Waals surface area contributed by atoms with Gasteiger partial charge in [0.2, 0.25) is 0 Å². The van der Waals surface area contributed by atoms with Crippen LogP contribution in [0.2, 0.25) is 0 Å². The third kappa shape index (κ3) is 3.83. The zero-order chi connectivity index (χ0) is 13.7. The number of nitrogens with one attached hydrogen (secondary N) is 1. The minimum Gasteiger partial charge on any atom is -0.394 e. The van der Waals surface area contributed by atoms with Crippen LogP contribution in [0, 0.1) is 5.92 Å². The monoisotopic (exact) mass is 264 g/mol. The van der Waals surface area contributed by atoms with E-state index in [4.69, 9.17) is 0 Å². The molecule has 1 aromatic heterocycles. The number of rotatable bonds is 6. The van der Waals surface area contributed by atoms with E-state index in [1.807, 2.05) is 0 Å². The number of nitrogens with zero attached hydrogens (tertiary/aromatic N) is 1. The maximum atomic E-state index is 9.73. The van der Waals surface area contributed by atoms with Crippen LogP contribution < -0.4 is 5.32 Å². The summed E-state index contributed by atoms with van der Waals surface area (Å²) in [5, 5.41) is 13.3. The largest absolute Gasteiger partial charge is 0.394 e. The zero-order valence-electron chi connectivity index (χ0n) is 12.4. The molecule has 0 amide bonds. The molecule has 0 spiro atoms. The van der Waals surface area contributed by atoms with Crippen molar-refractivity contribution in [3.8, 4) is 0 Å². The number of hydrogen-bond donors (Lipinski definition) is 2. The molecular weight excluding hydrogens is 236 g/mol. The maximum Gasteiger partial charge on any atom is 0.0613 e. The molecule has 0 saturated heterocycles. The van der Waals surface area contributed by atoms with Crippen molar-refractivity contribution >= 4 is 0 Å². The second-order valence-corrected chi connectivity index (χ2v) is 6.23. The smallest absolute Gasteiger partial charge is 0.0613 e. The Morgan fingerprint density at radius 1 is 1.42 bits per heavy atom. The highest BCUT2D eigenvalue weighted by atomic mass is 16.3. The molecule has 2 rings (SSSR count). The van der Waals surface area contributed by atoms with Gasteiger partial charge >= 0.3 is 0 Å². The molecule has 2 N–H and O–H groups in total. The van der Waals surface area contributed by atoms with Crippen molar-refractivity contribution in [1.82, 2.24) is 9.88 Å². The van der Waals surface area contributed by atoms with E-state index in [1.54, 1.807) is 0 Å². The van der Waals surface area contributed by atoms with Gasteiger partial charge in [0, 0.05) is 31.0 Å². The fraction of sp³-hybridized carbons (Fsp3) is 0.750. The van der Waals surface area contributed by atoms with E-state index in [-0.39, 0.29) is 12.1 Å². The van der Waals surface area contributed by atoms with Crippen LogP contribution in [0.1, 0.15) is 51.5 Å². The first-order chi connectivity index (χ1) is 9.17. The lowest BCUT2D eigenvalue weighted by molar-refractivity contribution is 0.104. The van der Waals surface area contributed by atoms with Crippen molar-refractivity contribution < 1.29 is 5.11 Å². The summed E-state index contributed by atoms with van der Waals surface area (Å²) in [7, 11) is 0. The number of aliphatic hydroxyl groups is 1. The molecule has 1 fully saturated rings. The van der Waals surface area contributed by atoms with Gasteiger partial charge in [-0.25, -0.2) is 0 Å². The fourth-order valence-corrected chi connectivity index (χ4v) is 2.99. The molecule has 3 heteroatoms. The van der Waals surface area contributed by atoms with E-state index in [2.05, 4.69) is 42.2 Å². The van der Waals surface area contributed by atoms with Crippen LogP contribution in [0.5, 0.6) is 0 Å². The zero-order valence-corrected chi connectivity index (χ0v) is 12.4.